The minimum Gasteiger partial charge on any atom is -0.504 e. The molecule has 1 aliphatic rings. The summed E-state index contributed by atoms with van der Waals surface area (Å²) in [4.78, 5) is 68.9. The Balaban J connectivity index is 1.52. The van der Waals surface area contributed by atoms with Gasteiger partial charge < -0.3 is 100 Å². The van der Waals surface area contributed by atoms with Gasteiger partial charge in [-0.1, -0.05) is 0 Å². The Morgan fingerprint density at radius 2 is 0.612 bits per heavy atom. The van der Waals surface area contributed by atoms with Gasteiger partial charge in [-0.25, -0.2) is 19.2 Å². The Labute approximate surface area is 371 Å². The molecule has 15 N–H and O–H groups in total. The second kappa shape index (κ2) is 18.4. The van der Waals surface area contributed by atoms with Crippen molar-refractivity contribution in [3.05, 3.63) is 88.5 Å². The molecule has 0 spiro atoms. The van der Waals surface area contributed by atoms with Crippen LogP contribution >= 0.6 is 0 Å². The van der Waals surface area contributed by atoms with Crippen molar-refractivity contribution in [3.8, 4) is 86.2 Å². The predicted octanol–water partition coefficient (Wildman–Crippen LogP) is 2.14. The standard InChI is InChI=1S/C42H34O25/c43-18(13-1-19(44)31(54)20(45)2-13)11-29-36(65-40(60)15-5-23(48)33(56)24(49)6-15)38(67-42(62)17-9-27(52)35(58)28(53)10-17)37(66-41(61)16-7-25(50)34(57)26(51)8-16)30(64-29)12-63-39(59)14-3-21(46)32(55)22(47)4-14/h1-10,29-30,36-38,44-58H,11-12H2/t29-,30+,36-,37+,38+/m0/s1. The lowest BCUT2D eigenvalue weighted by molar-refractivity contribution is -0.227. The third-order valence-corrected chi connectivity index (χ3v) is 9.84. The molecular formula is C42H34O25. The number of phenols is 15. The van der Waals surface area contributed by atoms with Crippen LogP contribution in [0, 0.1) is 0 Å². The molecule has 67 heavy (non-hydrogen) atoms. The third kappa shape index (κ3) is 9.75. The largest absolute Gasteiger partial charge is 0.504 e. The van der Waals surface area contributed by atoms with Gasteiger partial charge in [-0.3, -0.25) is 4.79 Å². The quantitative estimate of drug-likeness (QED) is 0.0369. The second-order valence-corrected chi connectivity index (χ2v) is 14.4. The van der Waals surface area contributed by atoms with Crippen LogP contribution in [0.1, 0.15) is 58.2 Å². The molecule has 5 atom stereocenters. The summed E-state index contributed by atoms with van der Waals surface area (Å²) in [6.07, 6.45) is -12.3. The van der Waals surface area contributed by atoms with Crippen LogP contribution in [-0.2, 0) is 23.7 Å². The van der Waals surface area contributed by atoms with Crippen LogP contribution in [0.4, 0.5) is 0 Å². The number of hydrogen-bond donors (Lipinski definition) is 15. The van der Waals surface area contributed by atoms with Gasteiger partial charge in [0.1, 0.15) is 18.8 Å². The van der Waals surface area contributed by atoms with Gasteiger partial charge in [0.05, 0.1) is 22.3 Å². The maximum absolute atomic E-state index is 14.0. The number of hydrogen-bond acceptors (Lipinski definition) is 25. The summed E-state index contributed by atoms with van der Waals surface area (Å²) in [7, 11) is 0. The smallest absolute Gasteiger partial charge is 0.338 e. The number of rotatable bonds is 12. The van der Waals surface area contributed by atoms with Crippen molar-refractivity contribution < 1.29 is 124 Å². The van der Waals surface area contributed by atoms with E-state index in [-0.39, 0.29) is 0 Å². The summed E-state index contributed by atoms with van der Waals surface area (Å²) >= 11 is 0. The van der Waals surface area contributed by atoms with E-state index in [1.807, 2.05) is 0 Å². The molecule has 352 valence electrons. The van der Waals surface area contributed by atoms with E-state index in [1.54, 1.807) is 0 Å². The highest BCUT2D eigenvalue weighted by molar-refractivity contribution is 5.98. The van der Waals surface area contributed by atoms with E-state index < -0.39 is 187 Å². The minimum atomic E-state index is -2.41. The molecule has 6 rings (SSSR count). The van der Waals surface area contributed by atoms with Gasteiger partial charge in [0.25, 0.3) is 0 Å². The van der Waals surface area contributed by atoms with E-state index in [4.69, 9.17) is 23.7 Å². The molecule has 0 bridgehead atoms. The fourth-order valence-electron chi connectivity index (χ4n) is 6.48. The van der Waals surface area contributed by atoms with Gasteiger partial charge in [0.15, 0.2) is 110 Å². The van der Waals surface area contributed by atoms with Crippen LogP contribution in [0.25, 0.3) is 0 Å². The molecule has 25 heteroatoms. The van der Waals surface area contributed by atoms with Crippen LogP contribution in [0.5, 0.6) is 86.2 Å². The minimum absolute atomic E-state index is 0.561. The summed E-state index contributed by atoms with van der Waals surface area (Å²) in [5.74, 6) is -23.3. The van der Waals surface area contributed by atoms with Crippen LogP contribution in [0.2, 0.25) is 0 Å². The van der Waals surface area contributed by atoms with Crippen LogP contribution in [0.3, 0.4) is 0 Å². The average Bonchev–Trinajstić information content (AvgIpc) is 3.27. The van der Waals surface area contributed by atoms with Gasteiger partial charge in [0, 0.05) is 12.0 Å². The number of benzene rings is 5. The number of Topliss-reactive ketones (excluding diaryl/α,β-unsaturated/α-hetero) is 1. The third-order valence-electron chi connectivity index (χ3n) is 9.84. The van der Waals surface area contributed by atoms with Gasteiger partial charge in [-0.2, -0.15) is 0 Å². The van der Waals surface area contributed by atoms with E-state index in [0.717, 1.165) is 0 Å². The summed E-state index contributed by atoms with van der Waals surface area (Å²) in [5, 5.41) is 151. The van der Waals surface area contributed by atoms with Crippen molar-refractivity contribution in [1.29, 1.82) is 0 Å². The number of aromatic hydroxyl groups is 15. The highest BCUT2D eigenvalue weighted by Crippen LogP contribution is 2.42. The van der Waals surface area contributed by atoms with E-state index in [0.29, 0.717) is 60.7 Å². The summed E-state index contributed by atoms with van der Waals surface area (Å²) in [6, 6.07) is 6.09. The predicted molar refractivity (Wildman–Crippen MR) is 213 cm³/mol. The Hall–Kier alpha value is -9.39. The first kappa shape index (κ1) is 47.1. The van der Waals surface area contributed by atoms with Crippen LogP contribution in [-0.4, -0.2) is 143 Å². The number of carbonyl (C=O) groups excluding carboxylic acids is 5. The van der Waals surface area contributed by atoms with E-state index in [2.05, 4.69) is 0 Å². The molecule has 1 heterocycles. The molecule has 1 saturated heterocycles. The summed E-state index contributed by atoms with van der Waals surface area (Å²) in [5.41, 5.74) is -3.50. The monoisotopic (exact) mass is 938 g/mol. The molecule has 5 aromatic rings. The fraction of sp³-hybridized carbons (Fsp3) is 0.167. The zero-order valence-electron chi connectivity index (χ0n) is 33.4. The van der Waals surface area contributed by atoms with E-state index >= 15 is 0 Å². The number of carbonyl (C=O) groups is 5. The highest BCUT2D eigenvalue weighted by Gasteiger charge is 2.53. The molecule has 0 amide bonds. The number of phenolic OH excluding ortho intramolecular Hbond substituents is 15. The van der Waals surface area contributed by atoms with Crippen LogP contribution in [0.15, 0.2) is 60.7 Å². The van der Waals surface area contributed by atoms with Crippen molar-refractivity contribution in [2.75, 3.05) is 6.61 Å². The maximum atomic E-state index is 14.0. The Bertz CT molecular complexity index is 2720. The normalized spacial score (nSPS) is 17.8. The first-order valence-electron chi connectivity index (χ1n) is 18.7. The lowest BCUT2D eigenvalue weighted by Crippen LogP contribution is -2.62. The molecule has 0 aromatic heterocycles. The van der Waals surface area contributed by atoms with Crippen molar-refractivity contribution in [2.24, 2.45) is 0 Å². The van der Waals surface area contributed by atoms with E-state index in [9.17, 15) is 101 Å². The lowest BCUT2D eigenvalue weighted by Gasteiger charge is -2.44. The van der Waals surface area contributed by atoms with Gasteiger partial charge in [-0.15, -0.1) is 0 Å². The Morgan fingerprint density at radius 3 is 0.925 bits per heavy atom. The number of ether oxygens (including phenoxy) is 5. The molecule has 5 aromatic carbocycles. The molecular weight excluding hydrogens is 904 g/mol. The first-order chi connectivity index (χ1) is 31.4. The lowest BCUT2D eigenvalue weighted by atomic mass is 9.90. The average molecular weight is 939 g/mol. The summed E-state index contributed by atoms with van der Waals surface area (Å²) < 4.78 is 28.3. The van der Waals surface area contributed by atoms with E-state index in [1.165, 1.54) is 0 Å². The van der Waals surface area contributed by atoms with Gasteiger partial charge >= 0.3 is 23.9 Å². The molecule has 0 unspecified atom stereocenters. The SMILES string of the molecule is O=C(C[C@@H]1O[C@H](COC(=O)c2cc(O)c(O)c(O)c2)[C@@H](OC(=O)c2cc(O)c(O)c(O)c2)[C@H](OC(=O)c2cc(O)c(O)c(O)c2)[C@H]1OC(=O)c1cc(O)c(O)c(O)c1)c1cc(O)c(O)c(O)c1. The molecule has 0 saturated carbocycles. The molecule has 0 radical (unpaired) electrons. The zero-order chi connectivity index (χ0) is 49.3. The van der Waals surface area contributed by atoms with Crippen molar-refractivity contribution >= 4 is 29.7 Å². The highest BCUT2D eigenvalue weighted by atomic mass is 16.7. The van der Waals surface area contributed by atoms with Crippen molar-refractivity contribution in [3.63, 3.8) is 0 Å². The second-order valence-electron chi connectivity index (χ2n) is 14.4. The van der Waals surface area contributed by atoms with Crippen LogP contribution < -0.4 is 0 Å². The molecule has 1 fully saturated rings. The molecule has 1 aliphatic heterocycles. The maximum Gasteiger partial charge on any atom is 0.338 e. The van der Waals surface area contributed by atoms with Gasteiger partial charge in [0.2, 0.25) is 0 Å². The molecule has 25 nitrogen and oxygen atoms in total. The van der Waals surface area contributed by atoms with Crippen molar-refractivity contribution in [2.45, 2.75) is 36.9 Å². The topological polar surface area (TPSA) is 435 Å². The fourth-order valence-corrected chi connectivity index (χ4v) is 6.48. The van der Waals surface area contributed by atoms with Gasteiger partial charge in [-0.05, 0) is 60.7 Å². The number of ketones is 1. The Morgan fingerprint density at radius 1 is 0.358 bits per heavy atom. The van der Waals surface area contributed by atoms with Crippen molar-refractivity contribution in [1.82, 2.24) is 0 Å². The first-order valence-corrected chi connectivity index (χ1v) is 18.7. The Kier molecular flexibility index (Phi) is 12.9. The molecule has 0 aliphatic carbocycles. The zero-order valence-corrected chi connectivity index (χ0v) is 33.4. The summed E-state index contributed by atoms with van der Waals surface area (Å²) in [6.45, 7) is -1.17. The number of esters is 4.